The normalized spacial score (nSPS) is 25.1. The minimum atomic E-state index is -5.13. The Bertz CT molecular complexity index is 1000. The molecule has 2 aliphatic rings. The molecule has 0 N–H and O–H groups in total. The van der Waals surface area contributed by atoms with Gasteiger partial charge in [-0.25, -0.2) is 4.39 Å². The molecule has 2 saturated carbocycles. The van der Waals surface area contributed by atoms with Crippen molar-refractivity contribution in [3.63, 3.8) is 0 Å². The molecular formula is C29H34F6O2. The standard InChI is InChI=1S/C29H34F6O2/c1-2-3-19-4-6-20(7-5-19)21-8-10-22(11-9-21)23-12-15-25(16-13-23)36-28(31,32)24-14-17-27(26(30)18-24)37-29(33,34)35/h12-22H,2-11H2,1H3. The summed E-state index contributed by atoms with van der Waals surface area (Å²) in [4.78, 5) is 0. The lowest BCUT2D eigenvalue weighted by Crippen LogP contribution is -2.25. The van der Waals surface area contributed by atoms with Crippen molar-refractivity contribution in [1.29, 1.82) is 0 Å². The number of alkyl halides is 5. The summed E-state index contributed by atoms with van der Waals surface area (Å²) < 4.78 is 88.2. The van der Waals surface area contributed by atoms with Crippen molar-refractivity contribution < 1.29 is 35.8 Å². The summed E-state index contributed by atoms with van der Waals surface area (Å²) in [5.41, 5.74) is 0.172. The first-order chi connectivity index (χ1) is 17.5. The van der Waals surface area contributed by atoms with E-state index in [1.165, 1.54) is 63.5 Å². The lowest BCUT2D eigenvalue weighted by Gasteiger charge is -2.38. The fourth-order valence-electron chi connectivity index (χ4n) is 6.18. The fraction of sp³-hybridized carbons (Fsp3) is 0.586. The van der Waals surface area contributed by atoms with Gasteiger partial charge in [-0.2, -0.15) is 8.78 Å². The smallest absolute Gasteiger partial charge is 0.429 e. The second-order valence-electron chi connectivity index (χ2n) is 10.6. The van der Waals surface area contributed by atoms with Gasteiger partial charge in [0.15, 0.2) is 11.6 Å². The second kappa shape index (κ2) is 11.6. The highest BCUT2D eigenvalue weighted by Crippen LogP contribution is 2.45. The van der Waals surface area contributed by atoms with Crippen LogP contribution in [0.4, 0.5) is 26.3 Å². The molecule has 0 radical (unpaired) electrons. The molecule has 2 aliphatic carbocycles. The van der Waals surface area contributed by atoms with Crippen LogP contribution in [0.3, 0.4) is 0 Å². The topological polar surface area (TPSA) is 18.5 Å². The van der Waals surface area contributed by atoms with Crippen molar-refractivity contribution >= 4 is 0 Å². The number of halogens is 6. The van der Waals surface area contributed by atoms with Crippen molar-refractivity contribution in [2.75, 3.05) is 0 Å². The summed E-state index contributed by atoms with van der Waals surface area (Å²) in [7, 11) is 0. The van der Waals surface area contributed by atoms with Crippen LogP contribution in [0.25, 0.3) is 0 Å². The number of ether oxygens (including phenoxy) is 2. The third-order valence-electron chi connectivity index (χ3n) is 8.12. The van der Waals surface area contributed by atoms with E-state index in [0.717, 1.165) is 36.2 Å². The molecule has 0 spiro atoms. The Morgan fingerprint density at radius 2 is 1.35 bits per heavy atom. The molecule has 2 aromatic carbocycles. The zero-order chi connectivity index (χ0) is 26.6. The van der Waals surface area contributed by atoms with Gasteiger partial charge in [0.1, 0.15) is 5.75 Å². The highest BCUT2D eigenvalue weighted by Gasteiger charge is 2.37. The van der Waals surface area contributed by atoms with E-state index in [1.54, 1.807) is 12.1 Å². The van der Waals surface area contributed by atoms with E-state index < -0.39 is 29.6 Å². The Labute approximate surface area is 214 Å². The van der Waals surface area contributed by atoms with Crippen molar-refractivity contribution in [3.05, 3.63) is 59.4 Å². The SMILES string of the molecule is CCCC1CCC(C2CCC(c3ccc(OC(F)(F)c4ccc(OC(F)(F)F)c(F)c4)cc3)CC2)CC1. The van der Waals surface area contributed by atoms with Crippen molar-refractivity contribution in [3.8, 4) is 11.5 Å². The lowest BCUT2D eigenvalue weighted by atomic mass is 9.68. The summed E-state index contributed by atoms with van der Waals surface area (Å²) >= 11 is 0. The molecule has 8 heteroatoms. The Balaban J connectivity index is 1.30. The first kappa shape index (κ1) is 27.6. The van der Waals surface area contributed by atoms with Gasteiger partial charge in [0.25, 0.3) is 0 Å². The Kier molecular flexibility index (Phi) is 8.64. The van der Waals surface area contributed by atoms with Crippen molar-refractivity contribution in [2.24, 2.45) is 17.8 Å². The number of rotatable bonds is 8. The van der Waals surface area contributed by atoms with Gasteiger partial charge in [0.05, 0.1) is 5.56 Å². The van der Waals surface area contributed by atoms with Gasteiger partial charge in [-0.15, -0.1) is 13.2 Å². The van der Waals surface area contributed by atoms with Gasteiger partial charge in [-0.1, -0.05) is 44.7 Å². The third kappa shape index (κ3) is 7.35. The Morgan fingerprint density at radius 3 is 1.89 bits per heavy atom. The van der Waals surface area contributed by atoms with Crippen LogP contribution in [0.2, 0.25) is 0 Å². The Morgan fingerprint density at radius 1 is 0.757 bits per heavy atom. The molecule has 204 valence electrons. The minimum absolute atomic E-state index is 0.109. The number of benzene rings is 2. The molecule has 2 aromatic rings. The van der Waals surface area contributed by atoms with Crippen LogP contribution >= 0.6 is 0 Å². The van der Waals surface area contributed by atoms with Gasteiger partial charge in [0, 0.05) is 0 Å². The van der Waals surface area contributed by atoms with Gasteiger partial charge < -0.3 is 9.47 Å². The highest BCUT2D eigenvalue weighted by atomic mass is 19.4. The van der Waals surface area contributed by atoms with Gasteiger partial charge in [-0.3, -0.25) is 0 Å². The van der Waals surface area contributed by atoms with E-state index in [2.05, 4.69) is 11.7 Å². The van der Waals surface area contributed by atoms with Crippen molar-refractivity contribution in [2.45, 2.75) is 89.5 Å². The van der Waals surface area contributed by atoms with Crippen LogP contribution in [0, 0.1) is 23.6 Å². The van der Waals surface area contributed by atoms with Crippen LogP contribution in [-0.4, -0.2) is 6.36 Å². The quantitative estimate of drug-likeness (QED) is 0.318. The summed E-state index contributed by atoms with van der Waals surface area (Å²) in [5.74, 6) is 0.0695. The Hall–Kier alpha value is -2.38. The minimum Gasteiger partial charge on any atom is -0.429 e. The predicted molar refractivity (Wildman–Crippen MR) is 129 cm³/mol. The van der Waals surface area contributed by atoms with E-state index in [0.29, 0.717) is 18.1 Å². The lowest BCUT2D eigenvalue weighted by molar-refractivity contribution is -0.275. The predicted octanol–water partition coefficient (Wildman–Crippen LogP) is 9.73. The monoisotopic (exact) mass is 528 g/mol. The van der Waals surface area contributed by atoms with Crippen LogP contribution in [0.1, 0.15) is 88.2 Å². The van der Waals surface area contributed by atoms with Gasteiger partial charge >= 0.3 is 12.5 Å². The number of hydrogen-bond acceptors (Lipinski definition) is 2. The number of hydrogen-bond donors (Lipinski definition) is 0. The first-order valence-corrected chi connectivity index (χ1v) is 13.3. The molecule has 0 aromatic heterocycles. The molecule has 2 fully saturated rings. The van der Waals surface area contributed by atoms with E-state index >= 15 is 0 Å². The van der Waals surface area contributed by atoms with Crippen LogP contribution in [0.15, 0.2) is 42.5 Å². The third-order valence-corrected chi connectivity index (χ3v) is 8.12. The summed E-state index contributed by atoms with van der Waals surface area (Å²) in [6.07, 6.45) is 3.55. The van der Waals surface area contributed by atoms with E-state index in [-0.39, 0.29) is 11.8 Å². The van der Waals surface area contributed by atoms with Crippen LogP contribution in [-0.2, 0) is 6.11 Å². The molecule has 0 atom stereocenters. The average molecular weight is 529 g/mol. The van der Waals surface area contributed by atoms with Gasteiger partial charge in [-0.05, 0) is 98.1 Å². The molecule has 37 heavy (non-hydrogen) atoms. The molecule has 0 saturated heterocycles. The van der Waals surface area contributed by atoms with Crippen LogP contribution in [0.5, 0.6) is 11.5 Å². The molecule has 0 aliphatic heterocycles. The molecular weight excluding hydrogens is 494 g/mol. The summed E-state index contributed by atoms with van der Waals surface area (Å²) in [6.45, 7) is 2.26. The van der Waals surface area contributed by atoms with Crippen molar-refractivity contribution in [1.82, 2.24) is 0 Å². The maximum Gasteiger partial charge on any atom is 0.573 e. The van der Waals surface area contributed by atoms with E-state index in [9.17, 15) is 26.3 Å². The van der Waals surface area contributed by atoms with E-state index in [4.69, 9.17) is 4.74 Å². The molecule has 4 rings (SSSR count). The maximum atomic E-state index is 14.6. The van der Waals surface area contributed by atoms with Crippen LogP contribution < -0.4 is 9.47 Å². The maximum absolute atomic E-state index is 14.6. The van der Waals surface area contributed by atoms with Gasteiger partial charge in [0.2, 0.25) is 0 Å². The fourth-order valence-corrected chi connectivity index (χ4v) is 6.18. The second-order valence-corrected chi connectivity index (χ2v) is 10.6. The molecule has 0 unspecified atom stereocenters. The summed E-state index contributed by atoms with van der Waals surface area (Å²) in [6, 6.07) is 7.92. The first-order valence-electron chi connectivity index (χ1n) is 13.3. The molecule has 0 heterocycles. The largest absolute Gasteiger partial charge is 0.573 e. The molecule has 0 amide bonds. The highest BCUT2D eigenvalue weighted by molar-refractivity contribution is 5.33. The molecule has 2 nitrogen and oxygen atoms in total. The zero-order valence-corrected chi connectivity index (χ0v) is 21.0. The average Bonchev–Trinajstić information content (AvgIpc) is 2.85. The summed E-state index contributed by atoms with van der Waals surface area (Å²) in [5, 5.41) is 0. The molecule has 0 bridgehead atoms. The zero-order valence-electron chi connectivity index (χ0n) is 21.0. The van der Waals surface area contributed by atoms with E-state index in [1.807, 2.05) is 0 Å².